The fourth-order valence-corrected chi connectivity index (χ4v) is 2.98. The molecule has 2 rings (SSSR count). The molecular weight excluding hydrogens is 234 g/mol. The number of aryl methyl sites for hydroxylation is 2. The van der Waals surface area contributed by atoms with E-state index in [4.69, 9.17) is 11.6 Å². The van der Waals surface area contributed by atoms with Gasteiger partial charge in [-0.15, -0.1) is 0 Å². The van der Waals surface area contributed by atoms with Gasteiger partial charge in [-0.25, -0.2) is 0 Å². The summed E-state index contributed by atoms with van der Waals surface area (Å²) in [5, 5.41) is 8.72. The third kappa shape index (κ3) is 3.02. The first-order valence-electron chi connectivity index (χ1n) is 6.49. The summed E-state index contributed by atoms with van der Waals surface area (Å²) in [6.45, 7) is 5.21. The van der Waals surface area contributed by atoms with Crippen molar-refractivity contribution in [2.24, 2.45) is 13.0 Å². The molecule has 96 valence electrons. The molecule has 0 bridgehead atoms. The molecule has 3 nitrogen and oxygen atoms in total. The van der Waals surface area contributed by atoms with E-state index in [2.05, 4.69) is 17.3 Å². The van der Waals surface area contributed by atoms with Crippen LogP contribution in [0.25, 0.3) is 0 Å². The van der Waals surface area contributed by atoms with Crippen LogP contribution in [-0.2, 0) is 13.6 Å². The van der Waals surface area contributed by atoms with Crippen LogP contribution >= 0.6 is 11.6 Å². The Hall–Kier alpha value is -0.540. The number of halogens is 1. The number of hydrogen-bond donors (Lipinski definition) is 1. The SMILES string of the molecule is Cc1nn(C)c(Cl)c1CNC1CCCC(C)C1. The minimum atomic E-state index is 0.648. The van der Waals surface area contributed by atoms with E-state index in [9.17, 15) is 0 Å². The molecule has 1 aliphatic carbocycles. The van der Waals surface area contributed by atoms with Crippen molar-refractivity contribution >= 4 is 11.6 Å². The number of aromatic nitrogens is 2. The van der Waals surface area contributed by atoms with E-state index >= 15 is 0 Å². The standard InChI is InChI=1S/C13H22ClN3/c1-9-5-4-6-11(7-9)15-8-12-10(2)16-17(3)13(12)14/h9,11,15H,4-8H2,1-3H3. The molecule has 17 heavy (non-hydrogen) atoms. The Balaban J connectivity index is 1.93. The zero-order valence-electron chi connectivity index (χ0n) is 11.0. The predicted molar refractivity (Wildman–Crippen MR) is 71.2 cm³/mol. The lowest BCUT2D eigenvalue weighted by molar-refractivity contribution is 0.300. The molecule has 0 amide bonds. The second-order valence-electron chi connectivity index (χ2n) is 5.33. The summed E-state index contributed by atoms with van der Waals surface area (Å²) in [5.41, 5.74) is 2.18. The first-order chi connectivity index (χ1) is 8.08. The van der Waals surface area contributed by atoms with Crippen LogP contribution < -0.4 is 5.32 Å². The number of nitrogens with one attached hydrogen (secondary N) is 1. The van der Waals surface area contributed by atoms with E-state index in [0.717, 1.165) is 28.9 Å². The first-order valence-corrected chi connectivity index (χ1v) is 6.87. The van der Waals surface area contributed by atoms with E-state index in [0.29, 0.717) is 6.04 Å². The Kier molecular flexibility index (Phi) is 4.10. The summed E-state index contributed by atoms with van der Waals surface area (Å²) in [6.07, 6.45) is 5.31. The number of nitrogens with zero attached hydrogens (tertiary/aromatic N) is 2. The van der Waals surface area contributed by atoms with E-state index in [-0.39, 0.29) is 0 Å². The normalized spacial score (nSPS) is 25.2. The Bertz CT molecular complexity index is 386. The molecule has 0 spiro atoms. The lowest BCUT2D eigenvalue weighted by atomic mass is 9.87. The summed E-state index contributed by atoms with van der Waals surface area (Å²) >= 11 is 6.22. The van der Waals surface area contributed by atoms with Crippen LogP contribution in [0.1, 0.15) is 43.9 Å². The van der Waals surface area contributed by atoms with Crippen LogP contribution in [0.3, 0.4) is 0 Å². The maximum Gasteiger partial charge on any atom is 0.131 e. The topological polar surface area (TPSA) is 29.9 Å². The molecule has 1 aromatic heterocycles. The fraction of sp³-hybridized carbons (Fsp3) is 0.769. The zero-order chi connectivity index (χ0) is 12.4. The average Bonchev–Trinajstić information content (AvgIpc) is 2.51. The van der Waals surface area contributed by atoms with E-state index < -0.39 is 0 Å². The molecule has 1 saturated carbocycles. The van der Waals surface area contributed by atoms with Crippen molar-refractivity contribution in [2.45, 2.75) is 52.1 Å². The van der Waals surface area contributed by atoms with Gasteiger partial charge in [-0.2, -0.15) is 5.10 Å². The minimum Gasteiger partial charge on any atom is -0.310 e. The van der Waals surface area contributed by atoms with E-state index in [1.165, 1.54) is 25.7 Å². The van der Waals surface area contributed by atoms with Gasteiger partial charge < -0.3 is 5.32 Å². The van der Waals surface area contributed by atoms with Gasteiger partial charge >= 0.3 is 0 Å². The van der Waals surface area contributed by atoms with Crippen molar-refractivity contribution in [3.63, 3.8) is 0 Å². The van der Waals surface area contributed by atoms with Crippen molar-refractivity contribution in [2.75, 3.05) is 0 Å². The Labute approximate surface area is 109 Å². The molecular formula is C13H22ClN3. The van der Waals surface area contributed by atoms with Crippen LogP contribution in [-0.4, -0.2) is 15.8 Å². The summed E-state index contributed by atoms with van der Waals surface area (Å²) < 4.78 is 1.75. The van der Waals surface area contributed by atoms with Crippen molar-refractivity contribution < 1.29 is 0 Å². The quantitative estimate of drug-likeness (QED) is 0.900. The van der Waals surface area contributed by atoms with Crippen LogP contribution in [0.4, 0.5) is 0 Å². The van der Waals surface area contributed by atoms with Crippen LogP contribution in [0.2, 0.25) is 5.15 Å². The van der Waals surface area contributed by atoms with E-state index in [1.807, 2.05) is 14.0 Å². The third-order valence-corrected chi connectivity index (χ3v) is 4.25. The number of rotatable bonds is 3. The van der Waals surface area contributed by atoms with Crippen LogP contribution in [0, 0.1) is 12.8 Å². The van der Waals surface area contributed by atoms with Gasteiger partial charge in [0, 0.05) is 25.2 Å². The Morgan fingerprint density at radius 2 is 2.24 bits per heavy atom. The second kappa shape index (κ2) is 5.40. The van der Waals surface area contributed by atoms with Gasteiger partial charge in [0.05, 0.1) is 5.69 Å². The Morgan fingerprint density at radius 1 is 1.47 bits per heavy atom. The highest BCUT2D eigenvalue weighted by molar-refractivity contribution is 6.30. The molecule has 2 unspecified atom stereocenters. The summed E-state index contributed by atoms with van der Waals surface area (Å²) in [7, 11) is 1.89. The molecule has 1 aromatic rings. The molecule has 0 aromatic carbocycles. The lowest BCUT2D eigenvalue weighted by Crippen LogP contribution is -2.33. The first kappa shape index (κ1) is 12.9. The molecule has 1 aliphatic rings. The maximum absolute atomic E-state index is 6.22. The van der Waals surface area contributed by atoms with Gasteiger partial charge in [0.25, 0.3) is 0 Å². The van der Waals surface area contributed by atoms with Crippen LogP contribution in [0.5, 0.6) is 0 Å². The number of hydrogen-bond acceptors (Lipinski definition) is 2. The molecule has 0 radical (unpaired) electrons. The zero-order valence-corrected chi connectivity index (χ0v) is 11.7. The van der Waals surface area contributed by atoms with Gasteiger partial charge in [0.1, 0.15) is 5.15 Å². The largest absolute Gasteiger partial charge is 0.310 e. The van der Waals surface area contributed by atoms with Crippen LogP contribution in [0.15, 0.2) is 0 Å². The predicted octanol–water partition coefficient (Wildman–Crippen LogP) is 3.05. The molecule has 1 N–H and O–H groups in total. The second-order valence-corrected chi connectivity index (χ2v) is 5.69. The Morgan fingerprint density at radius 3 is 2.82 bits per heavy atom. The molecule has 1 fully saturated rings. The molecule has 1 heterocycles. The fourth-order valence-electron chi connectivity index (χ4n) is 2.74. The van der Waals surface area contributed by atoms with Crippen molar-refractivity contribution in [3.8, 4) is 0 Å². The summed E-state index contributed by atoms with van der Waals surface area (Å²) in [5.74, 6) is 0.853. The highest BCUT2D eigenvalue weighted by atomic mass is 35.5. The molecule has 2 atom stereocenters. The maximum atomic E-state index is 6.22. The van der Waals surface area contributed by atoms with E-state index in [1.54, 1.807) is 4.68 Å². The average molecular weight is 256 g/mol. The highest BCUT2D eigenvalue weighted by Gasteiger charge is 2.19. The van der Waals surface area contributed by atoms with Gasteiger partial charge in [-0.05, 0) is 25.7 Å². The summed E-state index contributed by atoms with van der Waals surface area (Å²) in [4.78, 5) is 0. The van der Waals surface area contributed by atoms with Crippen molar-refractivity contribution in [1.82, 2.24) is 15.1 Å². The molecule has 0 aliphatic heterocycles. The minimum absolute atomic E-state index is 0.648. The molecule has 0 saturated heterocycles. The lowest BCUT2D eigenvalue weighted by Gasteiger charge is -2.27. The van der Waals surface area contributed by atoms with Gasteiger partial charge in [-0.3, -0.25) is 4.68 Å². The molecule has 4 heteroatoms. The van der Waals surface area contributed by atoms with Gasteiger partial charge in [0.15, 0.2) is 0 Å². The third-order valence-electron chi connectivity index (χ3n) is 3.77. The van der Waals surface area contributed by atoms with Crippen molar-refractivity contribution in [3.05, 3.63) is 16.4 Å². The highest BCUT2D eigenvalue weighted by Crippen LogP contribution is 2.24. The van der Waals surface area contributed by atoms with Gasteiger partial charge in [-0.1, -0.05) is 31.4 Å². The smallest absolute Gasteiger partial charge is 0.131 e. The van der Waals surface area contributed by atoms with Gasteiger partial charge in [0.2, 0.25) is 0 Å². The summed E-state index contributed by atoms with van der Waals surface area (Å²) in [6, 6.07) is 0.648. The van der Waals surface area contributed by atoms with Crippen molar-refractivity contribution in [1.29, 1.82) is 0 Å². The monoisotopic (exact) mass is 255 g/mol.